The van der Waals surface area contributed by atoms with Gasteiger partial charge in [-0.1, -0.05) is 43.1 Å². The molecule has 2 saturated heterocycles. The number of esters is 1. The number of hydrogen-bond acceptors (Lipinski definition) is 7. The van der Waals surface area contributed by atoms with Gasteiger partial charge in [0.15, 0.2) is 17.4 Å². The number of phenols is 1. The van der Waals surface area contributed by atoms with Crippen LogP contribution in [0.1, 0.15) is 23.2 Å². The minimum Gasteiger partial charge on any atom is -0.659 e. The van der Waals surface area contributed by atoms with Crippen LogP contribution < -0.4 is 10.2 Å². The molecule has 42 heavy (non-hydrogen) atoms. The van der Waals surface area contributed by atoms with E-state index in [1.54, 1.807) is 36.4 Å². The standard InChI is InChI=1S/C15H15FN5O.C14H16F2NO2.Y/c16-11-3-1-2-10(14(11)22)12-6-13-15(20-19-12)18-8-9-7-17-4-5-21(9)13;15-13(16)12-8-10(6-7-17-12)9-19-14(18)11-4-2-1-3-5-11;/h1-3,6,9,22H,4-5,7-8H2,(H,18,20);1-5,10,12-13H,6-9H2;/q2*-1;. The number of halogens is 3. The summed E-state index contributed by atoms with van der Waals surface area (Å²) in [5.41, 5.74) is 2.22. The average Bonchev–Trinajstić information content (AvgIpc) is 3.02. The van der Waals surface area contributed by atoms with Crippen molar-refractivity contribution in [3.63, 3.8) is 0 Å². The van der Waals surface area contributed by atoms with Crippen LogP contribution in [0.2, 0.25) is 0 Å². The van der Waals surface area contributed by atoms with Crippen LogP contribution in [0.4, 0.5) is 24.7 Å². The smallest absolute Gasteiger partial charge is 0.338 e. The normalized spacial score (nSPS) is 21.0. The monoisotopic (exact) mass is 657 g/mol. The van der Waals surface area contributed by atoms with E-state index < -0.39 is 30.0 Å². The Labute approximate surface area is 267 Å². The molecule has 4 heterocycles. The van der Waals surface area contributed by atoms with Crippen molar-refractivity contribution in [3.8, 4) is 17.0 Å². The van der Waals surface area contributed by atoms with Crippen molar-refractivity contribution < 1.29 is 60.5 Å². The Balaban J connectivity index is 0.000000191. The molecule has 3 unspecified atom stereocenters. The molecule has 0 aliphatic carbocycles. The van der Waals surface area contributed by atoms with Crippen LogP contribution in [-0.4, -0.2) is 79.1 Å². The molecule has 13 heteroatoms. The fourth-order valence-corrected chi connectivity index (χ4v) is 5.13. The molecule has 6 rings (SSSR count). The molecule has 3 aromatic rings. The second-order valence-corrected chi connectivity index (χ2v) is 10.1. The number of benzene rings is 2. The maximum atomic E-state index is 13.5. The molecule has 3 aliphatic heterocycles. The number of nitrogens with one attached hydrogen (secondary N) is 1. The Kier molecular flexibility index (Phi) is 11.5. The van der Waals surface area contributed by atoms with E-state index in [1.165, 1.54) is 6.07 Å². The number of phenolic OH excluding ortho intramolecular Hbond substituents is 1. The van der Waals surface area contributed by atoms with Crippen molar-refractivity contribution in [2.24, 2.45) is 5.92 Å². The molecule has 0 spiro atoms. The number of carbonyl (C=O) groups excluding carboxylic acids is 1. The number of alkyl halides is 2. The molecule has 1 radical (unpaired) electrons. The third-order valence-electron chi connectivity index (χ3n) is 7.36. The van der Waals surface area contributed by atoms with Gasteiger partial charge in [0, 0.05) is 50.9 Å². The van der Waals surface area contributed by atoms with Gasteiger partial charge in [0.25, 0.3) is 0 Å². The summed E-state index contributed by atoms with van der Waals surface area (Å²) in [4.78, 5) is 14.0. The van der Waals surface area contributed by atoms with Gasteiger partial charge in [0.2, 0.25) is 6.43 Å². The van der Waals surface area contributed by atoms with Crippen LogP contribution in [0.25, 0.3) is 21.9 Å². The Morgan fingerprint density at radius 1 is 1.14 bits per heavy atom. The third-order valence-corrected chi connectivity index (χ3v) is 7.36. The predicted octanol–water partition coefficient (Wildman–Crippen LogP) is 5.23. The van der Waals surface area contributed by atoms with Crippen LogP contribution >= 0.6 is 0 Å². The maximum Gasteiger partial charge on any atom is 0.338 e. The second-order valence-electron chi connectivity index (χ2n) is 10.1. The molecule has 3 aliphatic rings. The fourth-order valence-electron chi connectivity index (χ4n) is 5.13. The Morgan fingerprint density at radius 2 is 1.95 bits per heavy atom. The number of aromatic hydroxyl groups is 1. The van der Waals surface area contributed by atoms with Gasteiger partial charge in [0.1, 0.15) is 0 Å². The van der Waals surface area contributed by atoms with Crippen LogP contribution in [0.15, 0.2) is 54.6 Å². The molecule has 2 fully saturated rings. The summed E-state index contributed by atoms with van der Waals surface area (Å²) in [7, 11) is 0. The molecule has 0 amide bonds. The third kappa shape index (κ3) is 7.77. The number of piperidine rings is 1. The molecule has 9 nitrogen and oxygen atoms in total. The summed E-state index contributed by atoms with van der Waals surface area (Å²) in [6.45, 7) is 3.80. The Morgan fingerprint density at radius 3 is 2.74 bits per heavy atom. The Hall–Kier alpha value is -2.80. The van der Waals surface area contributed by atoms with E-state index in [9.17, 15) is 23.1 Å². The molecule has 0 bridgehead atoms. The van der Waals surface area contributed by atoms with Crippen molar-refractivity contribution in [3.05, 3.63) is 76.6 Å². The number of hydrogen-bond donors (Lipinski definition) is 2. The first-order valence-corrected chi connectivity index (χ1v) is 13.6. The average molecular weight is 658 g/mol. The molecule has 2 aromatic carbocycles. The van der Waals surface area contributed by atoms with E-state index in [4.69, 9.17) is 4.74 Å². The number of aromatic nitrogens is 2. The summed E-state index contributed by atoms with van der Waals surface area (Å²) in [6, 6.07) is 14.3. The number of ether oxygens (including phenoxy) is 1. The number of nitrogens with zero attached hydrogens (tertiary/aromatic N) is 5. The van der Waals surface area contributed by atoms with E-state index in [0.29, 0.717) is 42.2 Å². The summed E-state index contributed by atoms with van der Waals surface area (Å²) in [6.07, 6.45) is -1.43. The summed E-state index contributed by atoms with van der Waals surface area (Å²) in [5.74, 6) is -0.769. The van der Waals surface area contributed by atoms with Crippen molar-refractivity contribution in [1.82, 2.24) is 10.2 Å². The zero-order chi connectivity index (χ0) is 28.8. The Bertz CT molecular complexity index is 1340. The molecule has 1 aromatic heterocycles. The molecule has 2 N–H and O–H groups in total. The zero-order valence-corrected chi connectivity index (χ0v) is 25.7. The zero-order valence-electron chi connectivity index (χ0n) is 22.9. The van der Waals surface area contributed by atoms with E-state index >= 15 is 0 Å². The fraction of sp³-hybridized carbons (Fsp3) is 0.414. The summed E-state index contributed by atoms with van der Waals surface area (Å²) >= 11 is 0. The van der Waals surface area contributed by atoms with Gasteiger partial charge in [-0.25, -0.2) is 18.0 Å². The van der Waals surface area contributed by atoms with Crippen molar-refractivity contribution in [2.45, 2.75) is 31.4 Å². The number of carbonyl (C=O) groups is 1. The van der Waals surface area contributed by atoms with Crippen molar-refractivity contribution in [1.29, 1.82) is 0 Å². The summed E-state index contributed by atoms with van der Waals surface area (Å²) < 4.78 is 43.8. The van der Waals surface area contributed by atoms with E-state index in [2.05, 4.69) is 31.0 Å². The number of para-hydroxylation sites is 1. The quantitative estimate of drug-likeness (QED) is 0.361. The predicted molar refractivity (Wildman–Crippen MR) is 149 cm³/mol. The molecule has 0 saturated carbocycles. The first-order valence-electron chi connectivity index (χ1n) is 13.6. The largest absolute Gasteiger partial charge is 0.659 e. The SMILES string of the molecule is O=C(OCC1CC[N-]C(C(F)F)C1)c1ccccc1.Oc1c(F)cccc1-c1cc2c(nn1)NCC1C[N-]CCN21.[Y]. The van der Waals surface area contributed by atoms with Crippen LogP contribution in [0.3, 0.4) is 0 Å². The second kappa shape index (κ2) is 15.1. The minimum atomic E-state index is -2.42. The molecular formula is C29H31F3N6O3Y-2. The summed E-state index contributed by atoms with van der Waals surface area (Å²) in [5, 5.41) is 29.8. The van der Waals surface area contributed by atoms with Gasteiger partial charge in [0.05, 0.1) is 23.6 Å². The topological polar surface area (TPSA) is 116 Å². The van der Waals surface area contributed by atoms with Crippen LogP contribution in [0, 0.1) is 11.7 Å². The van der Waals surface area contributed by atoms with Crippen LogP contribution in [-0.2, 0) is 37.4 Å². The number of piperazine rings is 1. The van der Waals surface area contributed by atoms with Gasteiger partial charge >= 0.3 is 5.97 Å². The van der Waals surface area contributed by atoms with Crippen LogP contribution in [0.5, 0.6) is 5.75 Å². The first kappa shape index (κ1) is 32.1. The number of fused-ring (bicyclic) bond motifs is 3. The van der Waals surface area contributed by atoms with Gasteiger partial charge in [-0.05, 0) is 42.8 Å². The van der Waals surface area contributed by atoms with Crippen molar-refractivity contribution >= 4 is 17.5 Å². The molecule has 3 atom stereocenters. The molecule has 221 valence electrons. The minimum absolute atomic E-state index is 0. The van der Waals surface area contributed by atoms with Gasteiger partial charge < -0.3 is 30.7 Å². The van der Waals surface area contributed by atoms with E-state index in [0.717, 1.165) is 37.7 Å². The van der Waals surface area contributed by atoms with E-state index in [-0.39, 0.29) is 45.2 Å². The molecular weight excluding hydrogens is 626 g/mol. The van der Waals surface area contributed by atoms with Gasteiger partial charge in [-0.2, -0.15) is 0 Å². The number of rotatable bonds is 5. The van der Waals surface area contributed by atoms with E-state index in [1.807, 2.05) is 12.1 Å². The van der Waals surface area contributed by atoms with Gasteiger partial charge in [-0.15, -0.1) is 29.8 Å². The van der Waals surface area contributed by atoms with Gasteiger partial charge in [-0.3, -0.25) is 0 Å². The maximum absolute atomic E-state index is 13.5. The van der Waals surface area contributed by atoms with Crippen molar-refractivity contribution in [2.75, 3.05) is 49.5 Å². The first-order chi connectivity index (χ1) is 19.9. The number of anilines is 2.